The Kier molecular flexibility index (Phi) is 5.13. The van der Waals surface area contributed by atoms with Crippen LogP contribution >= 0.6 is 11.6 Å². The fraction of sp³-hybridized carbons (Fsp3) is 0.300. The molecule has 2 atom stereocenters. The lowest BCUT2D eigenvalue weighted by Crippen LogP contribution is -2.53. The third kappa shape index (κ3) is 3.13. The normalized spacial score (nSPS) is 21.9. The summed E-state index contributed by atoms with van der Waals surface area (Å²) >= 11 is 6.06. The van der Waals surface area contributed by atoms with Crippen LogP contribution in [0.2, 0.25) is 5.02 Å². The maximum absolute atomic E-state index is 13.4. The number of nitriles is 1. The average Bonchev–Trinajstić information content (AvgIpc) is 2.64. The lowest BCUT2D eigenvalue weighted by Gasteiger charge is -2.40. The molecule has 3 rings (SSSR count). The smallest absolute Gasteiger partial charge is 0.416 e. The molecule has 0 aromatic heterocycles. The molecule has 0 amide bonds. The molecule has 0 spiro atoms. The van der Waals surface area contributed by atoms with Crippen LogP contribution in [-0.4, -0.2) is 24.0 Å². The number of halogens is 4. The van der Waals surface area contributed by atoms with E-state index in [0.717, 1.165) is 12.1 Å². The number of carbonyl (C=O) groups is 1. The average molecular weight is 409 g/mol. The number of alkyl halides is 3. The monoisotopic (exact) mass is 408 g/mol. The van der Waals surface area contributed by atoms with Crippen LogP contribution in [0.25, 0.3) is 0 Å². The Balaban J connectivity index is 2.37. The first-order valence-electron chi connectivity index (χ1n) is 8.43. The summed E-state index contributed by atoms with van der Waals surface area (Å²) in [5.74, 6) is -0.656. The quantitative estimate of drug-likeness (QED) is 0.805. The molecule has 2 N–H and O–H groups in total. The van der Waals surface area contributed by atoms with Crippen molar-refractivity contribution in [2.45, 2.75) is 30.5 Å². The molecule has 2 aromatic rings. The first kappa shape index (κ1) is 20.2. The molecule has 0 saturated heterocycles. The second kappa shape index (κ2) is 7.12. The van der Waals surface area contributed by atoms with Gasteiger partial charge in [-0.1, -0.05) is 17.7 Å². The Labute approximate surface area is 164 Å². The number of phenolic OH excluding ortho intramolecular Hbond substituents is 1. The van der Waals surface area contributed by atoms with Crippen LogP contribution < -0.4 is 5.32 Å². The van der Waals surface area contributed by atoms with Gasteiger partial charge in [-0.25, -0.2) is 0 Å². The van der Waals surface area contributed by atoms with Crippen LogP contribution in [0.1, 0.15) is 28.7 Å². The molecule has 2 aromatic carbocycles. The number of nitrogens with one attached hydrogen (secondary N) is 1. The molecule has 28 heavy (non-hydrogen) atoms. The molecule has 0 saturated carbocycles. The molecule has 4 nitrogen and oxygen atoms in total. The molecule has 0 heterocycles. The van der Waals surface area contributed by atoms with Gasteiger partial charge in [0.25, 0.3) is 0 Å². The van der Waals surface area contributed by atoms with Crippen LogP contribution in [0.5, 0.6) is 5.75 Å². The zero-order valence-electron chi connectivity index (χ0n) is 14.8. The van der Waals surface area contributed by atoms with Gasteiger partial charge in [-0.2, -0.15) is 18.4 Å². The molecule has 1 aliphatic rings. The zero-order valence-corrected chi connectivity index (χ0v) is 15.5. The van der Waals surface area contributed by atoms with Crippen molar-refractivity contribution in [2.24, 2.45) is 0 Å². The summed E-state index contributed by atoms with van der Waals surface area (Å²) in [6.45, 7) is 0. The van der Waals surface area contributed by atoms with Crippen molar-refractivity contribution in [3.05, 3.63) is 63.7 Å². The van der Waals surface area contributed by atoms with E-state index in [1.807, 2.05) is 6.07 Å². The van der Waals surface area contributed by atoms with Crippen molar-refractivity contribution in [3.63, 3.8) is 0 Å². The van der Waals surface area contributed by atoms with Gasteiger partial charge in [-0.15, -0.1) is 0 Å². The minimum atomic E-state index is -4.54. The summed E-state index contributed by atoms with van der Waals surface area (Å²) in [5.41, 5.74) is -1.79. The van der Waals surface area contributed by atoms with Crippen molar-refractivity contribution in [2.75, 3.05) is 7.05 Å². The SMILES string of the molecule is CNC1Cc2cc(C(F)(F)F)ccc2C(CC#N)(c2cc(Cl)ccc2O)C1=O. The second-order valence-electron chi connectivity index (χ2n) is 6.68. The number of rotatable bonds is 3. The predicted molar refractivity (Wildman–Crippen MR) is 97.1 cm³/mol. The predicted octanol–water partition coefficient (Wildman–Crippen LogP) is 3.98. The summed E-state index contributed by atoms with van der Waals surface area (Å²) in [7, 11) is 1.52. The van der Waals surface area contributed by atoms with Gasteiger partial charge in [0.1, 0.15) is 5.75 Å². The summed E-state index contributed by atoms with van der Waals surface area (Å²) < 4.78 is 39.6. The van der Waals surface area contributed by atoms with Gasteiger partial charge >= 0.3 is 6.18 Å². The van der Waals surface area contributed by atoms with Crippen molar-refractivity contribution in [3.8, 4) is 11.8 Å². The van der Waals surface area contributed by atoms with E-state index >= 15 is 0 Å². The van der Waals surface area contributed by atoms with E-state index in [-0.39, 0.29) is 34.7 Å². The number of benzene rings is 2. The van der Waals surface area contributed by atoms with Crippen molar-refractivity contribution >= 4 is 17.4 Å². The first-order valence-corrected chi connectivity index (χ1v) is 8.81. The van der Waals surface area contributed by atoms with E-state index in [1.54, 1.807) is 0 Å². The molecular formula is C20H16ClF3N2O2. The summed E-state index contributed by atoms with van der Waals surface area (Å²) in [4.78, 5) is 13.4. The third-order valence-electron chi connectivity index (χ3n) is 5.16. The molecule has 146 valence electrons. The van der Waals surface area contributed by atoms with Crippen LogP contribution in [0.4, 0.5) is 13.2 Å². The number of likely N-dealkylation sites (N-methyl/N-ethyl adjacent to an activating group) is 1. The number of carbonyl (C=O) groups excluding carboxylic acids is 1. The zero-order chi connectivity index (χ0) is 20.7. The number of phenols is 1. The maximum Gasteiger partial charge on any atom is 0.416 e. The Morgan fingerprint density at radius 2 is 2.00 bits per heavy atom. The number of fused-ring (bicyclic) bond motifs is 1. The highest BCUT2D eigenvalue weighted by atomic mass is 35.5. The van der Waals surface area contributed by atoms with E-state index < -0.39 is 29.0 Å². The van der Waals surface area contributed by atoms with Crippen LogP contribution in [0.3, 0.4) is 0 Å². The standard InChI is InChI=1S/C20H16ClF3N2O2/c1-26-16-9-11-8-12(20(22,23)24)2-4-14(11)19(6-7-25,18(16)28)15-10-13(21)3-5-17(15)27/h2-5,8,10,16,26-27H,6,9H2,1H3. The fourth-order valence-corrected chi connectivity index (χ4v) is 4.03. The minimum Gasteiger partial charge on any atom is -0.508 e. The molecular weight excluding hydrogens is 393 g/mol. The Bertz CT molecular complexity index is 984. The number of nitrogens with zero attached hydrogens (tertiary/aromatic N) is 1. The summed E-state index contributed by atoms with van der Waals surface area (Å²) in [6, 6.07) is 8.36. The van der Waals surface area contributed by atoms with Gasteiger partial charge in [-0.3, -0.25) is 4.79 Å². The summed E-state index contributed by atoms with van der Waals surface area (Å²) in [6.07, 6.45) is -4.85. The van der Waals surface area contributed by atoms with E-state index in [1.165, 1.54) is 31.3 Å². The van der Waals surface area contributed by atoms with Crippen LogP contribution in [-0.2, 0) is 22.8 Å². The molecule has 0 fully saturated rings. The maximum atomic E-state index is 13.4. The van der Waals surface area contributed by atoms with Crippen LogP contribution in [0.15, 0.2) is 36.4 Å². The van der Waals surface area contributed by atoms with Gasteiger partial charge in [0.15, 0.2) is 5.78 Å². The highest BCUT2D eigenvalue weighted by Crippen LogP contribution is 2.47. The number of hydrogen-bond acceptors (Lipinski definition) is 4. The van der Waals surface area contributed by atoms with Gasteiger partial charge in [0.05, 0.1) is 29.5 Å². The van der Waals surface area contributed by atoms with Crippen molar-refractivity contribution < 1.29 is 23.1 Å². The van der Waals surface area contributed by atoms with Gasteiger partial charge < -0.3 is 10.4 Å². The lowest BCUT2D eigenvalue weighted by molar-refractivity contribution is -0.137. The van der Waals surface area contributed by atoms with E-state index in [0.29, 0.717) is 5.56 Å². The van der Waals surface area contributed by atoms with E-state index in [2.05, 4.69) is 5.32 Å². The van der Waals surface area contributed by atoms with E-state index in [9.17, 15) is 28.3 Å². The molecule has 0 bridgehead atoms. The molecule has 2 unspecified atom stereocenters. The molecule has 8 heteroatoms. The molecule has 0 radical (unpaired) electrons. The number of aromatic hydroxyl groups is 1. The highest BCUT2D eigenvalue weighted by Gasteiger charge is 2.51. The lowest BCUT2D eigenvalue weighted by atomic mass is 9.61. The first-order chi connectivity index (χ1) is 13.1. The molecule has 1 aliphatic carbocycles. The largest absolute Gasteiger partial charge is 0.508 e. The molecule has 0 aliphatic heterocycles. The topological polar surface area (TPSA) is 73.1 Å². The Morgan fingerprint density at radius 3 is 2.61 bits per heavy atom. The van der Waals surface area contributed by atoms with Gasteiger partial charge in [-0.05, 0) is 54.9 Å². The minimum absolute atomic E-state index is 0.0447. The fourth-order valence-electron chi connectivity index (χ4n) is 3.86. The Hall–Kier alpha value is -2.56. The number of ketones is 1. The highest BCUT2D eigenvalue weighted by molar-refractivity contribution is 6.30. The van der Waals surface area contributed by atoms with Crippen LogP contribution in [0, 0.1) is 11.3 Å². The van der Waals surface area contributed by atoms with Crippen molar-refractivity contribution in [1.29, 1.82) is 5.26 Å². The van der Waals surface area contributed by atoms with Gasteiger partial charge in [0.2, 0.25) is 0 Å². The Morgan fingerprint density at radius 1 is 1.29 bits per heavy atom. The number of hydrogen-bond donors (Lipinski definition) is 2. The van der Waals surface area contributed by atoms with Gasteiger partial charge in [0, 0.05) is 10.6 Å². The third-order valence-corrected chi connectivity index (χ3v) is 5.40. The summed E-state index contributed by atoms with van der Waals surface area (Å²) in [5, 5.41) is 23.0. The van der Waals surface area contributed by atoms with E-state index in [4.69, 9.17) is 11.6 Å². The van der Waals surface area contributed by atoms with Crippen molar-refractivity contribution in [1.82, 2.24) is 5.32 Å². The number of Topliss-reactive ketones (excluding diaryl/α,β-unsaturated/α-hetero) is 1. The second-order valence-corrected chi connectivity index (χ2v) is 7.12.